The molecule has 0 saturated heterocycles. The molecule has 1 aliphatic rings. The highest BCUT2D eigenvalue weighted by Crippen LogP contribution is 2.34. The van der Waals surface area contributed by atoms with Gasteiger partial charge in [-0.1, -0.05) is 0 Å². The number of hydrogen-bond acceptors (Lipinski definition) is 5. The van der Waals surface area contributed by atoms with Crippen molar-refractivity contribution in [3.05, 3.63) is 87.6 Å². The van der Waals surface area contributed by atoms with E-state index in [0.29, 0.717) is 17.9 Å². The number of rotatable bonds is 9. The highest BCUT2D eigenvalue weighted by molar-refractivity contribution is 7.10. The molecule has 0 saturated carbocycles. The smallest absolute Gasteiger partial charge is 0.254 e. The van der Waals surface area contributed by atoms with Crippen molar-refractivity contribution in [2.45, 2.75) is 12.5 Å². The van der Waals surface area contributed by atoms with Gasteiger partial charge in [0, 0.05) is 30.6 Å². The second-order valence-corrected chi connectivity index (χ2v) is 9.14. The maximum absolute atomic E-state index is 13.5. The van der Waals surface area contributed by atoms with E-state index in [2.05, 4.69) is 0 Å². The third-order valence-corrected chi connectivity index (χ3v) is 6.90. The molecule has 184 valence electrons. The number of carbonyl (C=O) groups is 2. The van der Waals surface area contributed by atoms with Gasteiger partial charge in [-0.25, -0.2) is 8.78 Å². The average Bonchev–Trinajstić information content (AvgIpc) is 3.35. The molecule has 2 amide bonds. The average molecular weight is 501 g/mol. The number of amides is 2. The number of halogens is 2. The molecule has 1 aromatic heterocycles. The molecule has 4 rings (SSSR count). The van der Waals surface area contributed by atoms with Crippen LogP contribution in [0.4, 0.5) is 8.78 Å². The lowest BCUT2D eigenvalue weighted by Gasteiger charge is -2.37. The van der Waals surface area contributed by atoms with Gasteiger partial charge >= 0.3 is 0 Å². The number of methoxy groups -OCH3 is 1. The summed E-state index contributed by atoms with van der Waals surface area (Å²) in [4.78, 5) is 30.9. The Kier molecular flexibility index (Phi) is 8.09. The van der Waals surface area contributed by atoms with Crippen molar-refractivity contribution in [3.8, 4) is 5.75 Å². The Bertz CT molecular complexity index is 1150. The van der Waals surface area contributed by atoms with E-state index in [4.69, 9.17) is 9.47 Å². The van der Waals surface area contributed by atoms with Crippen LogP contribution in [-0.2, 0) is 16.0 Å². The Morgan fingerprint density at radius 1 is 1.06 bits per heavy atom. The number of ether oxygens (including phenoxy) is 2. The quantitative estimate of drug-likeness (QED) is 0.439. The van der Waals surface area contributed by atoms with Gasteiger partial charge in [-0.3, -0.25) is 9.59 Å². The Labute approximate surface area is 206 Å². The summed E-state index contributed by atoms with van der Waals surface area (Å²) in [6, 6.07) is 12.6. The topological polar surface area (TPSA) is 59.1 Å². The Morgan fingerprint density at radius 3 is 2.43 bits per heavy atom. The lowest BCUT2D eigenvalue weighted by molar-refractivity contribution is -0.135. The molecule has 0 bridgehead atoms. The highest BCUT2D eigenvalue weighted by atomic mass is 32.1. The van der Waals surface area contributed by atoms with Crippen molar-refractivity contribution < 1.29 is 27.8 Å². The van der Waals surface area contributed by atoms with Crippen molar-refractivity contribution >= 4 is 23.2 Å². The first kappa shape index (κ1) is 24.8. The van der Waals surface area contributed by atoms with Crippen molar-refractivity contribution in [1.29, 1.82) is 0 Å². The van der Waals surface area contributed by atoms with E-state index in [0.717, 1.165) is 12.0 Å². The van der Waals surface area contributed by atoms with Gasteiger partial charge in [-0.15, -0.1) is 11.3 Å². The van der Waals surface area contributed by atoms with Crippen LogP contribution in [0, 0.1) is 11.6 Å². The summed E-state index contributed by atoms with van der Waals surface area (Å²) in [5.41, 5.74) is 1.32. The van der Waals surface area contributed by atoms with E-state index in [1.165, 1.54) is 53.3 Å². The predicted octanol–water partition coefficient (Wildman–Crippen LogP) is 4.32. The van der Waals surface area contributed by atoms with Crippen LogP contribution < -0.4 is 4.74 Å². The van der Waals surface area contributed by atoms with Crippen LogP contribution in [0.2, 0.25) is 0 Å². The van der Waals surface area contributed by atoms with Crippen molar-refractivity contribution in [1.82, 2.24) is 9.80 Å². The number of carbonyl (C=O) groups excluding carboxylic acids is 2. The first-order chi connectivity index (χ1) is 17.0. The fourth-order valence-corrected chi connectivity index (χ4v) is 4.99. The standard InChI is InChI=1S/C26H26F2N2O4S/c1-33-14-13-29(26(32)18-2-4-19(27)5-3-18)16-25(31)30-12-10-24-22(11-15-35-24)23(30)17-34-21-8-6-20(28)7-9-21/h2-9,11,15,23H,10,12-14,16-17H2,1H3/t23-/m0/s1. The van der Waals surface area contributed by atoms with Crippen LogP contribution in [0.15, 0.2) is 60.0 Å². The van der Waals surface area contributed by atoms with Crippen molar-refractivity contribution in [3.63, 3.8) is 0 Å². The normalized spacial score (nSPS) is 14.9. The van der Waals surface area contributed by atoms with E-state index in [1.807, 2.05) is 11.4 Å². The molecule has 2 heterocycles. The van der Waals surface area contributed by atoms with Gasteiger partial charge in [-0.2, -0.15) is 0 Å². The van der Waals surface area contributed by atoms with Crippen LogP contribution in [-0.4, -0.2) is 61.6 Å². The third-order valence-electron chi connectivity index (χ3n) is 5.91. The van der Waals surface area contributed by atoms with Crippen LogP contribution >= 0.6 is 11.3 Å². The highest BCUT2D eigenvalue weighted by Gasteiger charge is 2.33. The second-order valence-electron chi connectivity index (χ2n) is 8.14. The largest absolute Gasteiger partial charge is 0.491 e. The molecule has 0 unspecified atom stereocenters. The minimum Gasteiger partial charge on any atom is -0.491 e. The SMILES string of the molecule is COCCN(CC(=O)N1CCc2sccc2[C@@H]1COc1ccc(F)cc1)C(=O)c1ccc(F)cc1. The summed E-state index contributed by atoms with van der Waals surface area (Å²) in [7, 11) is 1.52. The zero-order chi connectivity index (χ0) is 24.8. The summed E-state index contributed by atoms with van der Waals surface area (Å²) in [6.07, 6.45) is 0.718. The molecule has 0 N–H and O–H groups in total. The summed E-state index contributed by atoms with van der Waals surface area (Å²) in [5.74, 6) is -0.878. The predicted molar refractivity (Wildman–Crippen MR) is 129 cm³/mol. The zero-order valence-corrected chi connectivity index (χ0v) is 20.1. The van der Waals surface area contributed by atoms with Gasteiger partial charge in [0.15, 0.2) is 0 Å². The van der Waals surface area contributed by atoms with Crippen molar-refractivity contribution in [2.75, 3.05) is 40.0 Å². The lowest BCUT2D eigenvalue weighted by atomic mass is 10.0. The summed E-state index contributed by atoms with van der Waals surface area (Å²) < 4.78 is 37.6. The number of fused-ring (bicyclic) bond motifs is 1. The van der Waals surface area contributed by atoms with Gasteiger partial charge in [-0.05, 0) is 72.0 Å². The van der Waals surface area contributed by atoms with Crippen LogP contribution in [0.3, 0.4) is 0 Å². The summed E-state index contributed by atoms with van der Waals surface area (Å²) in [6.45, 7) is 1.02. The monoisotopic (exact) mass is 500 g/mol. The molecule has 0 aliphatic carbocycles. The van der Waals surface area contributed by atoms with Gasteiger partial charge in [0.1, 0.15) is 30.5 Å². The molecule has 1 aliphatic heterocycles. The summed E-state index contributed by atoms with van der Waals surface area (Å²) >= 11 is 1.64. The Hall–Kier alpha value is -3.30. The molecule has 0 radical (unpaired) electrons. The molecule has 9 heteroatoms. The summed E-state index contributed by atoms with van der Waals surface area (Å²) in [5, 5.41) is 1.99. The maximum atomic E-state index is 13.5. The first-order valence-electron chi connectivity index (χ1n) is 11.2. The van der Waals surface area contributed by atoms with E-state index in [-0.39, 0.29) is 50.0 Å². The van der Waals surface area contributed by atoms with E-state index < -0.39 is 5.82 Å². The van der Waals surface area contributed by atoms with Crippen LogP contribution in [0.5, 0.6) is 5.75 Å². The fourth-order valence-electron chi connectivity index (χ4n) is 4.06. The van der Waals surface area contributed by atoms with Gasteiger partial charge in [0.05, 0.1) is 12.6 Å². The van der Waals surface area contributed by atoms with Gasteiger partial charge in [0.2, 0.25) is 5.91 Å². The molecule has 1 atom stereocenters. The van der Waals surface area contributed by atoms with Crippen LogP contribution in [0.25, 0.3) is 0 Å². The molecular weight excluding hydrogens is 474 g/mol. The number of thiophene rings is 1. The molecule has 2 aromatic carbocycles. The first-order valence-corrected chi connectivity index (χ1v) is 12.1. The Morgan fingerprint density at radius 2 is 1.74 bits per heavy atom. The third kappa shape index (κ3) is 6.04. The minimum atomic E-state index is -0.440. The number of hydrogen-bond donors (Lipinski definition) is 0. The number of benzene rings is 2. The zero-order valence-electron chi connectivity index (χ0n) is 19.3. The lowest BCUT2D eigenvalue weighted by Crippen LogP contribution is -2.48. The van der Waals surface area contributed by atoms with Crippen molar-refractivity contribution in [2.24, 2.45) is 0 Å². The van der Waals surface area contributed by atoms with Gasteiger partial charge in [0.25, 0.3) is 5.91 Å². The van der Waals surface area contributed by atoms with Gasteiger partial charge < -0.3 is 19.3 Å². The number of nitrogens with zero attached hydrogens (tertiary/aromatic N) is 2. The second kappa shape index (κ2) is 11.4. The molecule has 35 heavy (non-hydrogen) atoms. The van der Waals surface area contributed by atoms with E-state index >= 15 is 0 Å². The van der Waals surface area contributed by atoms with E-state index in [1.54, 1.807) is 28.4 Å². The molecular formula is C26H26F2N2O4S. The fraction of sp³-hybridized carbons (Fsp3) is 0.308. The maximum Gasteiger partial charge on any atom is 0.254 e. The van der Waals surface area contributed by atoms with E-state index in [9.17, 15) is 18.4 Å². The Balaban J connectivity index is 1.51. The molecule has 6 nitrogen and oxygen atoms in total. The molecule has 0 spiro atoms. The minimum absolute atomic E-state index is 0.147. The molecule has 0 fully saturated rings. The molecule has 3 aromatic rings. The van der Waals surface area contributed by atoms with Crippen LogP contribution in [0.1, 0.15) is 26.8 Å².